The zero-order valence-corrected chi connectivity index (χ0v) is 17.9. The highest BCUT2D eigenvalue weighted by molar-refractivity contribution is 9.10. The lowest BCUT2D eigenvalue weighted by molar-refractivity contribution is 0.102. The van der Waals surface area contributed by atoms with Gasteiger partial charge in [0.1, 0.15) is 5.75 Å². The number of hydrogen-bond donors (Lipinski definition) is 1. The molecule has 8 nitrogen and oxygen atoms in total. The van der Waals surface area contributed by atoms with Crippen LogP contribution in [0, 0.1) is 6.92 Å². The molecule has 0 bridgehead atoms. The van der Waals surface area contributed by atoms with Crippen molar-refractivity contribution < 1.29 is 9.53 Å². The minimum Gasteiger partial charge on any atom is -0.497 e. The van der Waals surface area contributed by atoms with Gasteiger partial charge in [-0.3, -0.25) is 10.1 Å². The molecule has 0 aliphatic carbocycles. The number of aromatic nitrogens is 5. The maximum atomic E-state index is 12.4. The monoisotopic (exact) mass is 470 g/mol. The molecule has 2 aromatic heterocycles. The molecule has 1 N–H and O–H groups in total. The standard InChI is InChI=1S/C19H15BrN6O2S/c1-11-16(23-25-26(11)14-8-6-13(20)7-9-14)17-21-19(29-24-17)22-18(27)12-4-3-5-15(10-12)28-2/h3-10H,1-2H3,(H,21,22,24,27). The Morgan fingerprint density at radius 1 is 1.21 bits per heavy atom. The first kappa shape index (κ1) is 19.2. The van der Waals surface area contributed by atoms with Crippen LogP contribution in [0.25, 0.3) is 17.2 Å². The second kappa shape index (κ2) is 8.10. The number of nitrogens with one attached hydrogen (secondary N) is 1. The molecule has 1 amide bonds. The number of benzene rings is 2. The first-order valence-electron chi connectivity index (χ1n) is 8.53. The van der Waals surface area contributed by atoms with Crippen LogP contribution < -0.4 is 10.1 Å². The summed E-state index contributed by atoms with van der Waals surface area (Å²) in [6.07, 6.45) is 0. The van der Waals surface area contributed by atoms with Gasteiger partial charge in [0.05, 0.1) is 18.5 Å². The van der Waals surface area contributed by atoms with E-state index < -0.39 is 0 Å². The molecule has 0 aliphatic heterocycles. The molecule has 10 heteroatoms. The van der Waals surface area contributed by atoms with E-state index in [9.17, 15) is 4.79 Å². The van der Waals surface area contributed by atoms with Gasteiger partial charge < -0.3 is 4.74 Å². The molecule has 4 rings (SSSR count). The highest BCUT2D eigenvalue weighted by atomic mass is 79.9. The number of methoxy groups -OCH3 is 1. The van der Waals surface area contributed by atoms with Crippen LogP contribution in [0.1, 0.15) is 16.1 Å². The second-order valence-electron chi connectivity index (χ2n) is 6.02. The van der Waals surface area contributed by atoms with E-state index in [2.05, 4.69) is 40.9 Å². The maximum Gasteiger partial charge on any atom is 0.257 e. The van der Waals surface area contributed by atoms with Gasteiger partial charge in [0.25, 0.3) is 5.91 Å². The summed E-state index contributed by atoms with van der Waals surface area (Å²) in [5, 5.41) is 11.5. The minimum atomic E-state index is -0.290. The zero-order valence-electron chi connectivity index (χ0n) is 15.5. The van der Waals surface area contributed by atoms with Gasteiger partial charge in [-0.2, -0.15) is 9.36 Å². The lowest BCUT2D eigenvalue weighted by Crippen LogP contribution is -2.11. The molecule has 2 aromatic carbocycles. The highest BCUT2D eigenvalue weighted by Gasteiger charge is 2.18. The van der Waals surface area contributed by atoms with E-state index in [4.69, 9.17) is 4.74 Å². The predicted octanol–water partition coefficient (Wildman–Crippen LogP) is 4.12. The van der Waals surface area contributed by atoms with Gasteiger partial charge in [-0.1, -0.05) is 27.2 Å². The molecular formula is C19H15BrN6O2S. The van der Waals surface area contributed by atoms with E-state index in [0.29, 0.717) is 28.0 Å². The number of halogens is 1. The number of carbonyl (C=O) groups is 1. The van der Waals surface area contributed by atoms with Crippen molar-refractivity contribution in [2.45, 2.75) is 6.92 Å². The first-order valence-corrected chi connectivity index (χ1v) is 10.1. The van der Waals surface area contributed by atoms with Crippen LogP contribution in [0.15, 0.2) is 53.0 Å². The summed E-state index contributed by atoms with van der Waals surface area (Å²) >= 11 is 4.51. The Morgan fingerprint density at radius 3 is 2.76 bits per heavy atom. The lowest BCUT2D eigenvalue weighted by Gasteiger charge is -2.04. The molecule has 0 spiro atoms. The molecule has 0 fully saturated rings. The fourth-order valence-electron chi connectivity index (χ4n) is 2.67. The lowest BCUT2D eigenvalue weighted by atomic mass is 10.2. The van der Waals surface area contributed by atoms with E-state index in [1.807, 2.05) is 31.2 Å². The largest absolute Gasteiger partial charge is 0.497 e. The van der Waals surface area contributed by atoms with Gasteiger partial charge in [-0.15, -0.1) is 5.10 Å². The van der Waals surface area contributed by atoms with Crippen molar-refractivity contribution >= 4 is 38.5 Å². The molecule has 29 heavy (non-hydrogen) atoms. The number of rotatable bonds is 5. The van der Waals surface area contributed by atoms with E-state index in [0.717, 1.165) is 27.4 Å². The number of ether oxygens (including phenoxy) is 1. The Labute approximate surface area is 178 Å². The van der Waals surface area contributed by atoms with Gasteiger partial charge >= 0.3 is 0 Å². The van der Waals surface area contributed by atoms with E-state index in [-0.39, 0.29) is 5.91 Å². The predicted molar refractivity (Wildman–Crippen MR) is 114 cm³/mol. The van der Waals surface area contributed by atoms with Gasteiger partial charge in [-0.25, -0.2) is 4.68 Å². The second-order valence-corrected chi connectivity index (χ2v) is 7.69. The first-order chi connectivity index (χ1) is 14.0. The van der Waals surface area contributed by atoms with Crippen LogP contribution in [0.2, 0.25) is 0 Å². The summed E-state index contributed by atoms with van der Waals surface area (Å²) in [5.41, 5.74) is 2.71. The third kappa shape index (κ3) is 4.03. The summed E-state index contributed by atoms with van der Waals surface area (Å²) in [6, 6.07) is 14.6. The van der Waals surface area contributed by atoms with Crippen LogP contribution in [0.3, 0.4) is 0 Å². The number of hydrogen-bond acceptors (Lipinski definition) is 7. The topological polar surface area (TPSA) is 94.8 Å². The number of amides is 1. The van der Waals surface area contributed by atoms with Crippen LogP contribution in [-0.4, -0.2) is 37.4 Å². The SMILES string of the molecule is COc1cccc(C(=O)Nc2nc(-c3nnn(-c4ccc(Br)cc4)c3C)ns2)c1. The van der Waals surface area contributed by atoms with Gasteiger partial charge in [0, 0.05) is 21.6 Å². The third-order valence-corrected chi connectivity index (χ3v) is 5.32. The molecular weight excluding hydrogens is 456 g/mol. The van der Waals surface area contributed by atoms with E-state index in [1.165, 1.54) is 0 Å². The molecule has 4 aromatic rings. The van der Waals surface area contributed by atoms with Gasteiger partial charge in [-0.05, 0) is 49.4 Å². The summed E-state index contributed by atoms with van der Waals surface area (Å²) in [5.74, 6) is 0.731. The molecule has 0 radical (unpaired) electrons. The van der Waals surface area contributed by atoms with Crippen molar-refractivity contribution in [1.82, 2.24) is 24.4 Å². The maximum absolute atomic E-state index is 12.4. The summed E-state index contributed by atoms with van der Waals surface area (Å²) < 4.78 is 12.2. The number of nitrogens with zero attached hydrogens (tertiary/aromatic N) is 5. The van der Waals surface area contributed by atoms with Crippen LogP contribution in [0.5, 0.6) is 5.75 Å². The van der Waals surface area contributed by atoms with Crippen molar-refractivity contribution in [3.05, 3.63) is 64.3 Å². The Balaban J connectivity index is 1.55. The molecule has 2 heterocycles. The minimum absolute atomic E-state index is 0.290. The quantitative estimate of drug-likeness (QED) is 0.471. The Bertz CT molecular complexity index is 1170. The molecule has 0 atom stereocenters. The Kier molecular flexibility index (Phi) is 5.36. The molecule has 0 saturated carbocycles. The number of carbonyl (C=O) groups excluding carboxylic acids is 1. The van der Waals surface area contributed by atoms with Gasteiger partial charge in [0.15, 0.2) is 11.5 Å². The van der Waals surface area contributed by atoms with Crippen molar-refractivity contribution in [2.24, 2.45) is 0 Å². The summed E-state index contributed by atoms with van der Waals surface area (Å²) in [7, 11) is 1.55. The fourth-order valence-corrected chi connectivity index (χ4v) is 3.50. The van der Waals surface area contributed by atoms with Crippen molar-refractivity contribution in [3.63, 3.8) is 0 Å². The smallest absolute Gasteiger partial charge is 0.257 e. The Morgan fingerprint density at radius 2 is 2.00 bits per heavy atom. The van der Waals surface area contributed by atoms with E-state index >= 15 is 0 Å². The molecule has 0 saturated heterocycles. The van der Waals surface area contributed by atoms with Crippen molar-refractivity contribution in [1.29, 1.82) is 0 Å². The van der Waals surface area contributed by atoms with Crippen molar-refractivity contribution in [3.8, 4) is 23.0 Å². The third-order valence-electron chi connectivity index (χ3n) is 4.16. The molecule has 146 valence electrons. The average molecular weight is 471 g/mol. The number of anilines is 1. The summed E-state index contributed by atoms with van der Waals surface area (Å²) in [6.45, 7) is 1.90. The van der Waals surface area contributed by atoms with E-state index in [1.54, 1.807) is 36.1 Å². The normalized spacial score (nSPS) is 10.7. The van der Waals surface area contributed by atoms with Crippen LogP contribution in [0.4, 0.5) is 5.13 Å². The van der Waals surface area contributed by atoms with Gasteiger partial charge in [0.2, 0.25) is 5.13 Å². The fraction of sp³-hybridized carbons (Fsp3) is 0.105. The van der Waals surface area contributed by atoms with Crippen LogP contribution >= 0.6 is 27.5 Å². The highest BCUT2D eigenvalue weighted by Crippen LogP contribution is 2.25. The molecule has 0 unspecified atom stereocenters. The van der Waals surface area contributed by atoms with Crippen LogP contribution in [-0.2, 0) is 0 Å². The zero-order chi connectivity index (χ0) is 20.4. The molecule has 0 aliphatic rings. The average Bonchev–Trinajstić information content (AvgIpc) is 3.35. The Hall–Kier alpha value is -3.11. The summed E-state index contributed by atoms with van der Waals surface area (Å²) in [4.78, 5) is 16.8. The van der Waals surface area contributed by atoms with Crippen molar-refractivity contribution in [2.75, 3.05) is 12.4 Å².